The van der Waals surface area contributed by atoms with Crippen molar-refractivity contribution in [3.8, 4) is 0 Å². The van der Waals surface area contributed by atoms with Crippen LogP contribution >= 0.6 is 0 Å². The molecule has 0 spiro atoms. The molecule has 0 aromatic heterocycles. The fourth-order valence-electron chi connectivity index (χ4n) is 2.08. The number of rotatable bonds is 13. The van der Waals surface area contributed by atoms with Crippen molar-refractivity contribution in [2.24, 2.45) is 11.5 Å². The predicted octanol–water partition coefficient (Wildman–Crippen LogP) is -5.42. The molecule has 11 N–H and O–H groups in total. The molecule has 0 bridgehead atoms. The number of carbonyl (C=O) groups excluding carboxylic acids is 4. The van der Waals surface area contributed by atoms with Crippen LogP contribution in [0.15, 0.2) is 0 Å². The lowest BCUT2D eigenvalue weighted by atomic mass is 10.1. The van der Waals surface area contributed by atoms with Crippen LogP contribution in [0.25, 0.3) is 0 Å². The number of nitrogens with one attached hydrogen (secondary N) is 3. The summed E-state index contributed by atoms with van der Waals surface area (Å²) in [5.74, 6) is -7.44. The van der Waals surface area contributed by atoms with E-state index >= 15 is 0 Å². The Bertz CT molecular complexity index is 683. The fraction of sp³-hybridized carbons (Fsp3) is 0.600. The van der Waals surface area contributed by atoms with Crippen molar-refractivity contribution in [1.29, 1.82) is 0 Å². The maximum atomic E-state index is 12.3. The number of carboxylic acids is 2. The summed E-state index contributed by atoms with van der Waals surface area (Å²) in [6, 6.07) is -6.64. The van der Waals surface area contributed by atoms with Crippen LogP contribution in [0, 0.1) is 0 Å². The third-order valence-electron chi connectivity index (χ3n) is 3.63. The zero-order chi connectivity index (χ0) is 23.6. The lowest BCUT2D eigenvalue weighted by Gasteiger charge is -2.25. The quantitative estimate of drug-likeness (QED) is 0.132. The Kier molecular flexibility index (Phi) is 10.9. The van der Waals surface area contributed by atoms with Gasteiger partial charge in [0.1, 0.15) is 18.1 Å². The third-order valence-corrected chi connectivity index (χ3v) is 3.63. The van der Waals surface area contributed by atoms with Gasteiger partial charge >= 0.3 is 11.9 Å². The Balaban J connectivity index is 5.19. The largest absolute Gasteiger partial charge is 0.481 e. The molecule has 0 aliphatic rings. The van der Waals surface area contributed by atoms with Crippen molar-refractivity contribution in [2.75, 3.05) is 6.61 Å². The van der Waals surface area contributed by atoms with Gasteiger partial charge in [0.05, 0.1) is 31.6 Å². The third kappa shape index (κ3) is 9.26. The molecule has 0 fully saturated rings. The molecule has 0 radical (unpaired) electrons. The van der Waals surface area contributed by atoms with Gasteiger partial charge in [-0.2, -0.15) is 0 Å². The summed E-state index contributed by atoms with van der Waals surface area (Å²) < 4.78 is 0. The molecule has 4 amide bonds. The van der Waals surface area contributed by atoms with Crippen LogP contribution in [-0.2, 0) is 28.8 Å². The van der Waals surface area contributed by atoms with E-state index in [1.165, 1.54) is 0 Å². The van der Waals surface area contributed by atoms with E-state index in [9.17, 15) is 39.0 Å². The minimum absolute atomic E-state index is 0.540. The van der Waals surface area contributed by atoms with Gasteiger partial charge in [-0.25, -0.2) is 4.79 Å². The van der Waals surface area contributed by atoms with Gasteiger partial charge in [0.15, 0.2) is 0 Å². The first kappa shape index (κ1) is 26.7. The summed E-state index contributed by atoms with van der Waals surface area (Å²) in [5.41, 5.74) is 10.3. The second-order valence-corrected chi connectivity index (χ2v) is 6.24. The minimum atomic E-state index is -1.83. The molecule has 170 valence electrons. The molecular formula is C15H25N5O10. The van der Waals surface area contributed by atoms with E-state index in [-0.39, 0.29) is 0 Å². The SMILES string of the molecule is CC(O)C(NC(=O)C(N)CC(N)=O)C(=O)NC(CO)C(=O)NC(CC(=O)O)C(=O)O. The summed E-state index contributed by atoms with van der Waals surface area (Å²) in [6.07, 6.45) is -3.00. The van der Waals surface area contributed by atoms with Crippen molar-refractivity contribution < 1.29 is 49.2 Å². The van der Waals surface area contributed by atoms with Crippen molar-refractivity contribution >= 4 is 35.6 Å². The van der Waals surface area contributed by atoms with Gasteiger partial charge in [0.2, 0.25) is 23.6 Å². The standard InChI is InChI=1S/C15H25N5O10/c1-5(22)11(20-12(26)6(16)2-9(17)23)14(28)19-8(4-21)13(27)18-7(15(29)30)3-10(24)25/h5-8,11,21-22H,2-4,16H2,1H3,(H2,17,23)(H,18,27)(H,19,28)(H,20,26)(H,24,25)(H,29,30). The van der Waals surface area contributed by atoms with Crippen LogP contribution in [0.3, 0.4) is 0 Å². The highest BCUT2D eigenvalue weighted by atomic mass is 16.4. The van der Waals surface area contributed by atoms with Crippen molar-refractivity contribution in [3.05, 3.63) is 0 Å². The van der Waals surface area contributed by atoms with Crippen LogP contribution in [0.2, 0.25) is 0 Å². The number of amides is 4. The van der Waals surface area contributed by atoms with Crippen LogP contribution in [0.5, 0.6) is 0 Å². The van der Waals surface area contributed by atoms with Gasteiger partial charge in [-0.1, -0.05) is 0 Å². The van der Waals surface area contributed by atoms with Crippen molar-refractivity contribution in [1.82, 2.24) is 16.0 Å². The first-order valence-electron chi connectivity index (χ1n) is 8.48. The molecule has 15 heteroatoms. The number of hydrogen-bond donors (Lipinski definition) is 9. The lowest BCUT2D eigenvalue weighted by molar-refractivity contribution is -0.147. The highest BCUT2D eigenvalue weighted by Crippen LogP contribution is 1.99. The fourth-order valence-corrected chi connectivity index (χ4v) is 2.08. The highest BCUT2D eigenvalue weighted by molar-refractivity contribution is 5.95. The number of primary amides is 1. The second kappa shape index (κ2) is 12.3. The summed E-state index contributed by atoms with van der Waals surface area (Å²) in [6.45, 7) is 0.101. The number of aliphatic hydroxyl groups excluding tert-OH is 2. The lowest BCUT2D eigenvalue weighted by Crippen LogP contribution is -2.60. The maximum absolute atomic E-state index is 12.3. The Hall–Kier alpha value is -3.30. The molecule has 5 atom stereocenters. The average Bonchev–Trinajstić information content (AvgIpc) is 2.61. The van der Waals surface area contributed by atoms with E-state index in [1.807, 2.05) is 10.6 Å². The number of aliphatic carboxylic acids is 2. The molecular weight excluding hydrogens is 410 g/mol. The maximum Gasteiger partial charge on any atom is 0.326 e. The molecule has 0 saturated carbocycles. The Morgan fingerprint density at radius 1 is 0.867 bits per heavy atom. The molecule has 15 nitrogen and oxygen atoms in total. The zero-order valence-electron chi connectivity index (χ0n) is 15.9. The van der Waals surface area contributed by atoms with Gasteiger partial charge < -0.3 is 47.8 Å². The van der Waals surface area contributed by atoms with Gasteiger partial charge in [-0.15, -0.1) is 0 Å². The molecule has 30 heavy (non-hydrogen) atoms. The number of aliphatic hydroxyl groups is 2. The van der Waals surface area contributed by atoms with Gasteiger partial charge in [-0.3, -0.25) is 24.0 Å². The topological polar surface area (TPSA) is 271 Å². The van der Waals surface area contributed by atoms with Gasteiger partial charge in [0.25, 0.3) is 0 Å². The molecule has 5 unspecified atom stereocenters. The van der Waals surface area contributed by atoms with Crippen LogP contribution in [-0.4, -0.2) is 92.9 Å². The van der Waals surface area contributed by atoms with E-state index in [2.05, 4.69) is 5.32 Å². The van der Waals surface area contributed by atoms with E-state index in [4.69, 9.17) is 21.7 Å². The second-order valence-electron chi connectivity index (χ2n) is 6.24. The predicted molar refractivity (Wildman–Crippen MR) is 96.2 cm³/mol. The summed E-state index contributed by atoms with van der Waals surface area (Å²) in [4.78, 5) is 68.8. The van der Waals surface area contributed by atoms with E-state index in [0.717, 1.165) is 6.92 Å². The Morgan fingerprint density at radius 2 is 1.40 bits per heavy atom. The smallest absolute Gasteiger partial charge is 0.326 e. The Morgan fingerprint density at radius 3 is 1.80 bits per heavy atom. The molecule has 0 aliphatic heterocycles. The first-order valence-corrected chi connectivity index (χ1v) is 8.48. The van der Waals surface area contributed by atoms with E-state index in [0.29, 0.717) is 0 Å². The minimum Gasteiger partial charge on any atom is -0.481 e. The van der Waals surface area contributed by atoms with E-state index in [1.54, 1.807) is 0 Å². The van der Waals surface area contributed by atoms with Crippen LogP contribution in [0.1, 0.15) is 19.8 Å². The number of hydrogen-bond acceptors (Lipinski definition) is 9. The molecule has 0 heterocycles. The molecule has 0 aromatic rings. The monoisotopic (exact) mass is 435 g/mol. The number of nitrogens with two attached hydrogens (primary N) is 2. The van der Waals surface area contributed by atoms with Crippen molar-refractivity contribution in [2.45, 2.75) is 50.0 Å². The molecule has 0 saturated heterocycles. The number of carboxylic acid groups (broad SMARTS) is 2. The summed E-state index contributed by atoms with van der Waals surface area (Å²) in [5, 5.41) is 42.5. The van der Waals surface area contributed by atoms with Crippen molar-refractivity contribution in [3.63, 3.8) is 0 Å². The summed E-state index contributed by atoms with van der Waals surface area (Å²) >= 11 is 0. The average molecular weight is 435 g/mol. The highest BCUT2D eigenvalue weighted by Gasteiger charge is 2.32. The normalized spacial score (nSPS) is 15.6. The zero-order valence-corrected chi connectivity index (χ0v) is 15.9. The number of carbonyl (C=O) groups is 6. The molecule has 0 rings (SSSR count). The van der Waals surface area contributed by atoms with Gasteiger partial charge in [0, 0.05) is 0 Å². The molecule has 0 aromatic carbocycles. The van der Waals surface area contributed by atoms with E-state index < -0.39 is 85.3 Å². The Labute approximate surface area is 169 Å². The molecule has 0 aliphatic carbocycles. The van der Waals surface area contributed by atoms with Crippen LogP contribution < -0.4 is 27.4 Å². The first-order chi connectivity index (χ1) is 13.8. The van der Waals surface area contributed by atoms with Crippen LogP contribution in [0.4, 0.5) is 0 Å². The summed E-state index contributed by atoms with van der Waals surface area (Å²) in [7, 11) is 0. The van der Waals surface area contributed by atoms with Gasteiger partial charge in [-0.05, 0) is 6.92 Å².